The van der Waals surface area contributed by atoms with E-state index in [0.29, 0.717) is 18.5 Å². The summed E-state index contributed by atoms with van der Waals surface area (Å²) in [7, 11) is 5.91. The van der Waals surface area contributed by atoms with Gasteiger partial charge in [-0.1, -0.05) is 0 Å². The second-order valence-electron chi connectivity index (χ2n) is 8.94. The number of likely N-dealkylation sites (tertiary alicyclic amines) is 1. The molecule has 9 heteroatoms. The van der Waals surface area contributed by atoms with E-state index >= 15 is 0 Å². The van der Waals surface area contributed by atoms with Gasteiger partial charge < -0.3 is 29.1 Å². The Balaban J connectivity index is 1.24. The number of anilines is 1. The molecule has 9 nitrogen and oxygen atoms in total. The van der Waals surface area contributed by atoms with Crippen molar-refractivity contribution in [3.63, 3.8) is 0 Å². The van der Waals surface area contributed by atoms with Crippen molar-refractivity contribution in [2.24, 2.45) is 0 Å². The van der Waals surface area contributed by atoms with Crippen LogP contribution < -0.4 is 9.64 Å². The fourth-order valence-corrected chi connectivity index (χ4v) is 4.80. The Labute approximate surface area is 178 Å². The van der Waals surface area contributed by atoms with Crippen molar-refractivity contribution in [2.75, 3.05) is 71.9 Å². The van der Waals surface area contributed by atoms with Crippen LogP contribution in [0.15, 0.2) is 12.4 Å². The zero-order valence-corrected chi connectivity index (χ0v) is 18.4. The number of hydrogen-bond acceptors (Lipinski definition) is 8. The van der Waals surface area contributed by atoms with Gasteiger partial charge in [-0.2, -0.15) is 0 Å². The molecule has 4 rings (SSSR count). The third-order valence-corrected chi connectivity index (χ3v) is 6.76. The van der Waals surface area contributed by atoms with Gasteiger partial charge >= 0.3 is 6.09 Å². The van der Waals surface area contributed by atoms with Crippen LogP contribution in [0.25, 0.3) is 0 Å². The molecule has 3 fully saturated rings. The third-order valence-electron chi connectivity index (χ3n) is 6.76. The van der Waals surface area contributed by atoms with Crippen molar-refractivity contribution in [3.05, 3.63) is 12.4 Å². The lowest BCUT2D eigenvalue weighted by atomic mass is 9.91. The van der Waals surface area contributed by atoms with Gasteiger partial charge in [-0.25, -0.2) is 14.8 Å². The normalized spacial score (nSPS) is 24.1. The first-order valence-electron chi connectivity index (χ1n) is 11.0. The van der Waals surface area contributed by atoms with E-state index in [1.807, 2.05) is 11.0 Å². The second-order valence-corrected chi connectivity index (χ2v) is 8.94. The van der Waals surface area contributed by atoms with Crippen molar-refractivity contribution >= 4 is 11.9 Å². The van der Waals surface area contributed by atoms with Crippen LogP contribution in [-0.2, 0) is 4.74 Å². The maximum absolute atomic E-state index is 12.5. The SMILES string of the molecule is COc1cc(N2CCC3(CC2)CN(CCCN2CC[C@@H](N(C)C)C2)C(=O)O3)ncn1. The molecule has 3 saturated heterocycles. The van der Waals surface area contributed by atoms with Gasteiger partial charge in [0.15, 0.2) is 0 Å². The molecular weight excluding hydrogens is 384 g/mol. The molecule has 30 heavy (non-hydrogen) atoms. The van der Waals surface area contributed by atoms with E-state index in [1.165, 1.54) is 12.7 Å². The Kier molecular flexibility index (Phi) is 6.29. The fourth-order valence-electron chi connectivity index (χ4n) is 4.80. The predicted octanol–water partition coefficient (Wildman–Crippen LogP) is 1.30. The van der Waals surface area contributed by atoms with Gasteiger partial charge in [0.1, 0.15) is 17.7 Å². The van der Waals surface area contributed by atoms with Crippen molar-refractivity contribution in [1.82, 2.24) is 24.7 Å². The molecule has 0 bridgehead atoms. The van der Waals surface area contributed by atoms with Crippen molar-refractivity contribution in [3.8, 4) is 5.88 Å². The second kappa shape index (κ2) is 8.93. The number of aromatic nitrogens is 2. The quantitative estimate of drug-likeness (QED) is 0.656. The lowest BCUT2D eigenvalue weighted by Gasteiger charge is -2.37. The predicted molar refractivity (Wildman–Crippen MR) is 114 cm³/mol. The number of methoxy groups -OCH3 is 1. The highest BCUT2D eigenvalue weighted by Gasteiger charge is 2.46. The Hall–Kier alpha value is -2.13. The zero-order chi connectivity index (χ0) is 21.1. The summed E-state index contributed by atoms with van der Waals surface area (Å²) in [6.45, 7) is 6.42. The average Bonchev–Trinajstić information content (AvgIpc) is 3.34. The lowest BCUT2D eigenvalue weighted by Crippen LogP contribution is -2.47. The molecule has 0 unspecified atom stereocenters. The van der Waals surface area contributed by atoms with Crippen LogP contribution in [0.1, 0.15) is 25.7 Å². The highest BCUT2D eigenvalue weighted by Crippen LogP contribution is 2.34. The lowest BCUT2D eigenvalue weighted by molar-refractivity contribution is 0.0366. The summed E-state index contributed by atoms with van der Waals surface area (Å²) in [4.78, 5) is 29.9. The highest BCUT2D eigenvalue weighted by molar-refractivity contribution is 5.70. The molecule has 0 saturated carbocycles. The van der Waals surface area contributed by atoms with Crippen molar-refractivity contribution in [2.45, 2.75) is 37.3 Å². The summed E-state index contributed by atoms with van der Waals surface area (Å²) >= 11 is 0. The van der Waals surface area contributed by atoms with Crippen LogP contribution in [0.5, 0.6) is 5.88 Å². The zero-order valence-electron chi connectivity index (χ0n) is 18.4. The van der Waals surface area contributed by atoms with E-state index in [2.05, 4.69) is 38.8 Å². The molecule has 1 aromatic rings. The molecule has 1 atom stereocenters. The van der Waals surface area contributed by atoms with E-state index in [9.17, 15) is 4.79 Å². The monoisotopic (exact) mass is 418 g/mol. The number of amides is 1. The number of rotatable bonds is 7. The van der Waals surface area contributed by atoms with E-state index in [0.717, 1.165) is 64.3 Å². The number of ether oxygens (including phenoxy) is 2. The summed E-state index contributed by atoms with van der Waals surface area (Å²) in [6, 6.07) is 2.51. The third kappa shape index (κ3) is 4.62. The number of piperidine rings is 1. The van der Waals surface area contributed by atoms with E-state index in [1.54, 1.807) is 7.11 Å². The largest absolute Gasteiger partial charge is 0.481 e. The Bertz CT molecular complexity index is 737. The van der Waals surface area contributed by atoms with Crippen LogP contribution in [0.3, 0.4) is 0 Å². The van der Waals surface area contributed by atoms with Gasteiger partial charge in [-0.05, 0) is 40.0 Å². The number of carbonyl (C=O) groups is 1. The Morgan fingerprint density at radius 2 is 2.03 bits per heavy atom. The summed E-state index contributed by atoms with van der Waals surface area (Å²) in [5.74, 6) is 1.42. The molecular formula is C21H34N6O3. The molecule has 0 aliphatic carbocycles. The summed E-state index contributed by atoms with van der Waals surface area (Å²) in [6.07, 6.45) is 5.24. The van der Waals surface area contributed by atoms with Crippen molar-refractivity contribution in [1.29, 1.82) is 0 Å². The van der Waals surface area contributed by atoms with Crippen LogP contribution in [0, 0.1) is 0 Å². The first-order valence-corrected chi connectivity index (χ1v) is 11.0. The van der Waals surface area contributed by atoms with Gasteiger partial charge in [-0.3, -0.25) is 0 Å². The smallest absolute Gasteiger partial charge is 0.410 e. The first kappa shape index (κ1) is 21.1. The molecule has 1 amide bonds. The molecule has 4 heterocycles. The van der Waals surface area contributed by atoms with Gasteiger partial charge in [-0.15, -0.1) is 0 Å². The molecule has 166 valence electrons. The number of hydrogen-bond donors (Lipinski definition) is 0. The summed E-state index contributed by atoms with van der Waals surface area (Å²) in [5.41, 5.74) is -0.353. The Morgan fingerprint density at radius 1 is 1.23 bits per heavy atom. The molecule has 1 spiro atoms. The maximum atomic E-state index is 12.5. The van der Waals surface area contributed by atoms with Gasteiger partial charge in [0, 0.05) is 51.1 Å². The molecule has 0 radical (unpaired) electrons. The van der Waals surface area contributed by atoms with Crippen LogP contribution in [0.2, 0.25) is 0 Å². The minimum atomic E-state index is -0.353. The van der Waals surface area contributed by atoms with Gasteiger partial charge in [0.05, 0.1) is 13.7 Å². The van der Waals surface area contributed by atoms with Crippen molar-refractivity contribution < 1.29 is 14.3 Å². The number of likely N-dealkylation sites (N-methyl/N-ethyl adjacent to an activating group) is 1. The molecule has 1 aromatic heterocycles. The van der Waals surface area contributed by atoms with Gasteiger partial charge in [0.25, 0.3) is 0 Å². The topological polar surface area (TPSA) is 74.3 Å². The summed E-state index contributed by atoms with van der Waals surface area (Å²) < 4.78 is 11.1. The highest BCUT2D eigenvalue weighted by atomic mass is 16.6. The summed E-state index contributed by atoms with van der Waals surface area (Å²) in [5, 5.41) is 0. The van der Waals surface area contributed by atoms with Gasteiger partial charge in [0.2, 0.25) is 5.88 Å². The maximum Gasteiger partial charge on any atom is 0.410 e. The molecule has 0 N–H and O–H groups in total. The molecule has 0 aromatic carbocycles. The minimum Gasteiger partial charge on any atom is -0.481 e. The molecule has 3 aliphatic rings. The van der Waals surface area contributed by atoms with Crippen LogP contribution >= 0.6 is 0 Å². The van der Waals surface area contributed by atoms with E-state index in [-0.39, 0.29) is 11.7 Å². The minimum absolute atomic E-state index is 0.153. The average molecular weight is 419 g/mol. The van der Waals surface area contributed by atoms with Crippen LogP contribution in [0.4, 0.5) is 10.6 Å². The van der Waals surface area contributed by atoms with Crippen LogP contribution in [-0.4, -0.2) is 109 Å². The fraction of sp³-hybridized carbons (Fsp3) is 0.762. The number of carbonyl (C=O) groups excluding carboxylic acids is 1. The van der Waals surface area contributed by atoms with E-state index < -0.39 is 0 Å². The number of nitrogens with zero attached hydrogens (tertiary/aromatic N) is 6. The Morgan fingerprint density at radius 3 is 2.73 bits per heavy atom. The molecule has 3 aliphatic heterocycles. The standard InChI is InChI=1S/C21H34N6O3/c1-24(2)17-5-10-25(14-17)8-4-9-27-15-21(30-20(27)28)6-11-26(12-7-21)18-13-19(29-3)23-16-22-18/h13,16-17H,4-12,14-15H2,1-3H3/t17-/m1/s1. The van der Waals surface area contributed by atoms with E-state index in [4.69, 9.17) is 9.47 Å². The first-order chi connectivity index (χ1) is 14.5.